The summed E-state index contributed by atoms with van der Waals surface area (Å²) in [7, 11) is 1.44. The number of aromatic nitrogens is 2. The number of carbonyl (C=O) groups is 2. The molecule has 0 spiro atoms. The maximum atomic E-state index is 11.9. The smallest absolute Gasteiger partial charge is 0.292 e. The quantitative estimate of drug-likeness (QED) is 0.674. The van der Waals surface area contributed by atoms with Gasteiger partial charge >= 0.3 is 0 Å². The van der Waals surface area contributed by atoms with E-state index in [2.05, 4.69) is 10.3 Å². The van der Waals surface area contributed by atoms with E-state index in [1.807, 2.05) is 23.8 Å². The number of hydrogen-bond donors (Lipinski definition) is 1. The van der Waals surface area contributed by atoms with Crippen molar-refractivity contribution in [2.75, 3.05) is 7.05 Å². The first kappa shape index (κ1) is 12.5. The Labute approximate surface area is 108 Å². The molecule has 0 fully saturated rings. The first-order chi connectivity index (χ1) is 8.56. The van der Waals surface area contributed by atoms with Gasteiger partial charge in [0.25, 0.3) is 11.7 Å². The third kappa shape index (κ3) is 1.95. The van der Waals surface area contributed by atoms with Gasteiger partial charge in [0.2, 0.25) is 0 Å². The molecule has 18 heavy (non-hydrogen) atoms. The summed E-state index contributed by atoms with van der Waals surface area (Å²) in [4.78, 5) is 27.5. The van der Waals surface area contributed by atoms with E-state index in [0.717, 1.165) is 16.5 Å². The summed E-state index contributed by atoms with van der Waals surface area (Å²) in [5.41, 5.74) is 2.04. The van der Waals surface area contributed by atoms with Crippen molar-refractivity contribution in [2.45, 2.75) is 13.8 Å². The fourth-order valence-electron chi connectivity index (χ4n) is 1.85. The lowest BCUT2D eigenvalue weighted by Gasteiger charge is -2.05. The van der Waals surface area contributed by atoms with Gasteiger partial charge in [-0.15, -0.1) is 11.3 Å². The highest BCUT2D eigenvalue weighted by Crippen LogP contribution is 2.22. The van der Waals surface area contributed by atoms with Gasteiger partial charge in [0, 0.05) is 35.6 Å². The summed E-state index contributed by atoms with van der Waals surface area (Å²) in [5, 5.41) is 5.01. The van der Waals surface area contributed by atoms with Gasteiger partial charge in [-0.1, -0.05) is 0 Å². The van der Waals surface area contributed by atoms with Gasteiger partial charge in [0.05, 0.1) is 0 Å². The van der Waals surface area contributed by atoms with Crippen LogP contribution in [0.1, 0.15) is 21.7 Å². The number of Topliss-reactive ketones (excluding diaryl/α,β-unsaturated/α-hetero) is 1. The molecule has 0 radical (unpaired) electrons. The van der Waals surface area contributed by atoms with Crippen LogP contribution in [0.3, 0.4) is 0 Å². The number of likely N-dealkylation sites (N-methyl/N-ethyl adjacent to an activating group) is 1. The summed E-state index contributed by atoms with van der Waals surface area (Å²) >= 11 is 1.48. The lowest BCUT2D eigenvalue weighted by Crippen LogP contribution is -2.27. The largest absolute Gasteiger partial charge is 0.352 e. The van der Waals surface area contributed by atoms with Gasteiger partial charge in [0.1, 0.15) is 0 Å². The number of carbonyl (C=O) groups excluding carboxylic acids is 2. The summed E-state index contributed by atoms with van der Waals surface area (Å²) in [6, 6.07) is 1.72. The summed E-state index contributed by atoms with van der Waals surface area (Å²) in [6.07, 6.45) is 1.71. The predicted octanol–water partition coefficient (Wildman–Crippen LogP) is 1.48. The first-order valence-electron chi connectivity index (χ1n) is 5.41. The summed E-state index contributed by atoms with van der Waals surface area (Å²) < 4.78 is 1.88. The van der Waals surface area contributed by atoms with Crippen LogP contribution in [-0.4, -0.2) is 28.3 Å². The zero-order chi connectivity index (χ0) is 13.3. The van der Waals surface area contributed by atoms with Crippen molar-refractivity contribution in [1.29, 1.82) is 0 Å². The zero-order valence-electron chi connectivity index (χ0n) is 10.4. The molecule has 0 saturated carbocycles. The number of hydrogen-bond acceptors (Lipinski definition) is 4. The molecule has 0 unspecified atom stereocenters. The van der Waals surface area contributed by atoms with Crippen molar-refractivity contribution in [3.8, 4) is 5.13 Å². The molecular formula is C12H13N3O2S. The van der Waals surface area contributed by atoms with Crippen LogP contribution in [0.5, 0.6) is 0 Å². The standard InChI is InChI=1S/C12H13N3O2S/c1-7-6-9(10(16)11(17)13-3)8(2)15(7)12-14-4-5-18-12/h4-6H,1-3H3,(H,13,17). The highest BCUT2D eigenvalue weighted by molar-refractivity contribution is 7.12. The fourth-order valence-corrected chi connectivity index (χ4v) is 2.60. The molecule has 2 rings (SSSR count). The van der Waals surface area contributed by atoms with E-state index in [1.165, 1.54) is 18.4 Å². The van der Waals surface area contributed by atoms with Crippen LogP contribution in [0.15, 0.2) is 17.6 Å². The van der Waals surface area contributed by atoms with Crippen LogP contribution < -0.4 is 5.32 Å². The van der Waals surface area contributed by atoms with E-state index in [9.17, 15) is 9.59 Å². The van der Waals surface area contributed by atoms with Gasteiger partial charge in [-0.3, -0.25) is 14.2 Å². The molecule has 0 saturated heterocycles. The van der Waals surface area contributed by atoms with E-state index in [1.54, 1.807) is 12.3 Å². The van der Waals surface area contributed by atoms with Crippen molar-refractivity contribution in [1.82, 2.24) is 14.9 Å². The molecule has 2 heterocycles. The monoisotopic (exact) mass is 263 g/mol. The van der Waals surface area contributed by atoms with Crippen molar-refractivity contribution in [3.63, 3.8) is 0 Å². The molecule has 6 heteroatoms. The second kappa shape index (κ2) is 4.73. The minimum Gasteiger partial charge on any atom is -0.352 e. The average molecular weight is 263 g/mol. The van der Waals surface area contributed by atoms with Crippen molar-refractivity contribution in [3.05, 3.63) is 34.6 Å². The number of ketones is 1. The lowest BCUT2D eigenvalue weighted by molar-refractivity contribution is -0.116. The average Bonchev–Trinajstić information content (AvgIpc) is 2.95. The Kier molecular flexibility index (Phi) is 3.29. The SMILES string of the molecule is CNC(=O)C(=O)c1cc(C)n(-c2nccs2)c1C. The Morgan fingerprint density at radius 1 is 1.39 bits per heavy atom. The van der Waals surface area contributed by atoms with Gasteiger partial charge in [-0.05, 0) is 19.9 Å². The normalized spacial score (nSPS) is 10.4. The molecule has 2 aromatic heterocycles. The Morgan fingerprint density at radius 2 is 2.11 bits per heavy atom. The van der Waals surface area contributed by atoms with Crippen LogP contribution in [-0.2, 0) is 4.79 Å². The maximum Gasteiger partial charge on any atom is 0.292 e. The second-order valence-corrected chi connectivity index (χ2v) is 4.72. The van der Waals surface area contributed by atoms with Crippen LogP contribution in [0.25, 0.3) is 5.13 Å². The van der Waals surface area contributed by atoms with E-state index < -0.39 is 11.7 Å². The van der Waals surface area contributed by atoms with Crippen LogP contribution in [0.4, 0.5) is 0 Å². The number of aryl methyl sites for hydroxylation is 1. The molecule has 5 nitrogen and oxygen atoms in total. The topological polar surface area (TPSA) is 64.0 Å². The van der Waals surface area contributed by atoms with Gasteiger partial charge in [-0.25, -0.2) is 4.98 Å². The number of rotatable bonds is 3. The molecule has 0 aliphatic rings. The summed E-state index contributed by atoms with van der Waals surface area (Å²) in [6.45, 7) is 3.69. The highest BCUT2D eigenvalue weighted by atomic mass is 32.1. The van der Waals surface area contributed by atoms with E-state index in [4.69, 9.17) is 0 Å². The predicted molar refractivity (Wildman–Crippen MR) is 69.3 cm³/mol. The number of nitrogens with zero attached hydrogens (tertiary/aromatic N) is 2. The van der Waals surface area contributed by atoms with Crippen molar-refractivity contribution in [2.24, 2.45) is 0 Å². The number of thiazole rings is 1. The van der Waals surface area contributed by atoms with Crippen LogP contribution in [0, 0.1) is 13.8 Å². The lowest BCUT2D eigenvalue weighted by atomic mass is 10.1. The number of amides is 1. The molecular weight excluding hydrogens is 250 g/mol. The van der Waals surface area contributed by atoms with E-state index in [0.29, 0.717) is 5.56 Å². The van der Waals surface area contributed by atoms with Crippen molar-refractivity contribution >= 4 is 23.0 Å². The molecule has 2 aromatic rings. The molecule has 0 aliphatic carbocycles. The highest BCUT2D eigenvalue weighted by Gasteiger charge is 2.22. The minimum absolute atomic E-state index is 0.419. The molecule has 0 aromatic carbocycles. The fraction of sp³-hybridized carbons (Fsp3) is 0.250. The Hall–Kier alpha value is -1.95. The molecule has 0 bridgehead atoms. The Morgan fingerprint density at radius 3 is 2.67 bits per heavy atom. The van der Waals surface area contributed by atoms with E-state index in [-0.39, 0.29) is 0 Å². The van der Waals surface area contributed by atoms with Gasteiger partial charge < -0.3 is 5.32 Å². The number of nitrogens with one attached hydrogen (secondary N) is 1. The van der Waals surface area contributed by atoms with Crippen LogP contribution in [0.2, 0.25) is 0 Å². The van der Waals surface area contributed by atoms with Crippen LogP contribution >= 0.6 is 11.3 Å². The molecule has 1 amide bonds. The first-order valence-corrected chi connectivity index (χ1v) is 6.29. The van der Waals surface area contributed by atoms with E-state index >= 15 is 0 Å². The Balaban J connectivity index is 2.51. The third-order valence-corrected chi connectivity index (χ3v) is 3.48. The van der Waals surface area contributed by atoms with Gasteiger partial charge in [-0.2, -0.15) is 0 Å². The third-order valence-electron chi connectivity index (χ3n) is 2.72. The zero-order valence-corrected chi connectivity index (χ0v) is 11.2. The summed E-state index contributed by atoms with van der Waals surface area (Å²) in [5.74, 6) is -1.12. The molecule has 94 valence electrons. The van der Waals surface area contributed by atoms with Crippen molar-refractivity contribution < 1.29 is 9.59 Å². The Bertz CT molecular complexity index is 599. The van der Waals surface area contributed by atoms with Gasteiger partial charge in [0.15, 0.2) is 5.13 Å². The molecule has 1 N–H and O–H groups in total. The molecule has 0 aliphatic heterocycles. The maximum absolute atomic E-state index is 11.9. The molecule has 0 atom stereocenters. The minimum atomic E-state index is -0.602. The second-order valence-electron chi connectivity index (χ2n) is 3.84.